The third-order valence-electron chi connectivity index (χ3n) is 6.61. The summed E-state index contributed by atoms with van der Waals surface area (Å²) in [6.07, 6.45) is -1.84. The molecule has 6 N–H and O–H groups in total. The standard InChI is InChI=1S/C10H18O2.C9H11BF3NO2/c1-8(2)7-4-5-9(3,11)10(8,12)6-7;11-9(12,13)7-3-1-2-6(4-7)5-8(14)10(15)16/h7,11-12H,4-6H2,1-3H3;1-4,8,15-16H,5,14H2/t;8-/m.0/s1. The van der Waals surface area contributed by atoms with Crippen LogP contribution in [-0.2, 0) is 12.6 Å². The van der Waals surface area contributed by atoms with E-state index >= 15 is 0 Å². The summed E-state index contributed by atoms with van der Waals surface area (Å²) in [7, 11) is -1.74. The normalized spacial score (nSPS) is 31.9. The second-order valence-corrected chi connectivity index (χ2v) is 8.78. The molecule has 0 amide bonds. The Kier molecular flexibility index (Phi) is 6.29. The molecule has 1 aromatic carbocycles. The third-order valence-corrected chi connectivity index (χ3v) is 6.61. The fraction of sp³-hybridized carbons (Fsp3) is 0.684. The molecule has 0 radical (unpaired) electrons. The predicted octanol–water partition coefficient (Wildman–Crippen LogP) is 1.90. The molecule has 0 saturated heterocycles. The van der Waals surface area contributed by atoms with Gasteiger partial charge in [-0.15, -0.1) is 0 Å². The summed E-state index contributed by atoms with van der Waals surface area (Å²) >= 11 is 0. The maximum absolute atomic E-state index is 12.3. The first-order chi connectivity index (χ1) is 12.6. The van der Waals surface area contributed by atoms with E-state index in [0.717, 1.165) is 31.4 Å². The van der Waals surface area contributed by atoms with Crippen LogP contribution in [0.4, 0.5) is 13.2 Å². The van der Waals surface area contributed by atoms with Crippen molar-refractivity contribution in [2.24, 2.45) is 17.1 Å². The molecule has 3 aliphatic carbocycles. The van der Waals surface area contributed by atoms with E-state index in [0.29, 0.717) is 11.5 Å². The van der Waals surface area contributed by atoms with E-state index in [2.05, 4.69) is 13.8 Å². The summed E-state index contributed by atoms with van der Waals surface area (Å²) in [4.78, 5) is 0. The maximum Gasteiger partial charge on any atom is 0.469 e. The number of nitrogens with two attached hydrogens (primary N) is 1. The molecule has 4 rings (SSSR count). The lowest BCUT2D eigenvalue weighted by molar-refractivity contribution is -0.312. The zero-order chi connectivity index (χ0) is 21.5. The van der Waals surface area contributed by atoms with E-state index in [9.17, 15) is 23.4 Å². The maximum atomic E-state index is 12.3. The molecule has 3 fully saturated rings. The Morgan fingerprint density at radius 2 is 1.82 bits per heavy atom. The quantitative estimate of drug-likeness (QED) is 0.496. The Bertz CT molecular complexity index is 686. The Labute approximate surface area is 163 Å². The molecule has 3 aliphatic rings. The van der Waals surface area contributed by atoms with E-state index in [1.807, 2.05) is 0 Å². The molecule has 2 bridgehead atoms. The van der Waals surface area contributed by atoms with E-state index in [1.54, 1.807) is 6.92 Å². The Balaban J connectivity index is 0.000000207. The Hall–Kier alpha value is -1.13. The second-order valence-electron chi connectivity index (χ2n) is 8.78. The molecule has 5 nitrogen and oxygen atoms in total. The number of hydrogen-bond donors (Lipinski definition) is 5. The van der Waals surface area contributed by atoms with Crippen LogP contribution in [-0.4, -0.2) is 44.5 Å². The molecule has 0 aliphatic heterocycles. The molecular formula is C19H29BF3NO4. The van der Waals surface area contributed by atoms with Gasteiger partial charge in [0.25, 0.3) is 0 Å². The molecule has 3 unspecified atom stereocenters. The average molecular weight is 403 g/mol. The van der Waals surface area contributed by atoms with Crippen LogP contribution in [0.25, 0.3) is 0 Å². The SMILES string of the molecule is CC1(O)CCC2CC1(O)C2(C)C.N[C@@H](Cc1cccc(C(F)(F)F)c1)B(O)O. The van der Waals surface area contributed by atoms with Gasteiger partial charge in [0.1, 0.15) is 0 Å². The first kappa shape index (κ1) is 23.2. The summed E-state index contributed by atoms with van der Waals surface area (Å²) in [5.41, 5.74) is 3.08. The van der Waals surface area contributed by atoms with Gasteiger partial charge in [-0.1, -0.05) is 32.0 Å². The minimum Gasteiger partial charge on any atom is -0.426 e. The lowest BCUT2D eigenvalue weighted by Crippen LogP contribution is -2.74. The van der Waals surface area contributed by atoms with Crippen LogP contribution in [0, 0.1) is 11.3 Å². The zero-order valence-corrected chi connectivity index (χ0v) is 16.4. The van der Waals surface area contributed by atoms with Gasteiger partial charge in [0.2, 0.25) is 0 Å². The van der Waals surface area contributed by atoms with Crippen LogP contribution in [0.2, 0.25) is 0 Å². The van der Waals surface area contributed by atoms with Crippen molar-refractivity contribution in [2.75, 3.05) is 0 Å². The van der Waals surface area contributed by atoms with Crippen LogP contribution < -0.4 is 5.73 Å². The number of benzene rings is 1. The third kappa shape index (κ3) is 4.23. The molecule has 0 spiro atoms. The highest BCUT2D eigenvalue weighted by atomic mass is 19.4. The highest BCUT2D eigenvalue weighted by Crippen LogP contribution is 2.65. The van der Waals surface area contributed by atoms with Crippen molar-refractivity contribution < 1.29 is 33.4 Å². The first-order valence-electron chi connectivity index (χ1n) is 9.34. The van der Waals surface area contributed by atoms with Gasteiger partial charge in [-0.25, -0.2) is 0 Å². The summed E-state index contributed by atoms with van der Waals surface area (Å²) < 4.78 is 37.0. The van der Waals surface area contributed by atoms with Crippen molar-refractivity contribution >= 4 is 7.12 Å². The van der Waals surface area contributed by atoms with Gasteiger partial charge in [-0.05, 0) is 55.6 Å². The minimum atomic E-state index is -4.40. The van der Waals surface area contributed by atoms with Crippen molar-refractivity contribution in [3.63, 3.8) is 0 Å². The van der Waals surface area contributed by atoms with Gasteiger partial charge in [0.15, 0.2) is 0 Å². The van der Waals surface area contributed by atoms with Crippen molar-refractivity contribution in [1.29, 1.82) is 0 Å². The average Bonchev–Trinajstić information content (AvgIpc) is 2.57. The minimum absolute atomic E-state index is 0.0262. The molecule has 1 aromatic rings. The molecule has 0 aromatic heterocycles. The van der Waals surface area contributed by atoms with E-state index in [-0.39, 0.29) is 11.8 Å². The van der Waals surface area contributed by atoms with Gasteiger partial charge in [-0.3, -0.25) is 0 Å². The molecule has 9 heteroatoms. The summed E-state index contributed by atoms with van der Waals surface area (Å²) in [6.45, 7) is 5.90. The molecule has 158 valence electrons. The van der Waals surface area contributed by atoms with Crippen LogP contribution >= 0.6 is 0 Å². The largest absolute Gasteiger partial charge is 0.469 e. The van der Waals surface area contributed by atoms with Gasteiger partial charge in [-0.2, -0.15) is 13.2 Å². The second kappa shape index (κ2) is 7.61. The van der Waals surface area contributed by atoms with Crippen LogP contribution in [0.3, 0.4) is 0 Å². The lowest BCUT2D eigenvalue weighted by Gasteiger charge is -2.68. The smallest absolute Gasteiger partial charge is 0.426 e. The van der Waals surface area contributed by atoms with Crippen molar-refractivity contribution in [2.45, 2.75) is 69.8 Å². The van der Waals surface area contributed by atoms with Crippen molar-refractivity contribution in [3.05, 3.63) is 35.4 Å². The van der Waals surface area contributed by atoms with Gasteiger partial charge in [0, 0.05) is 5.94 Å². The van der Waals surface area contributed by atoms with Crippen LogP contribution in [0.1, 0.15) is 51.2 Å². The summed E-state index contributed by atoms with van der Waals surface area (Å²) in [6, 6.07) is 4.61. The van der Waals surface area contributed by atoms with Gasteiger partial charge < -0.3 is 26.0 Å². The van der Waals surface area contributed by atoms with Crippen LogP contribution in [0.5, 0.6) is 0 Å². The topological polar surface area (TPSA) is 107 Å². The van der Waals surface area contributed by atoms with E-state index in [4.69, 9.17) is 15.8 Å². The lowest BCUT2D eigenvalue weighted by atomic mass is 9.41. The monoisotopic (exact) mass is 403 g/mol. The number of halogens is 3. The fourth-order valence-corrected chi connectivity index (χ4v) is 4.37. The number of fused-ring (bicyclic) bond motifs is 2. The Morgan fingerprint density at radius 3 is 2.25 bits per heavy atom. The highest BCUT2D eigenvalue weighted by Gasteiger charge is 2.69. The first-order valence-corrected chi connectivity index (χ1v) is 9.34. The zero-order valence-electron chi connectivity index (χ0n) is 16.4. The number of aliphatic hydroxyl groups is 2. The highest BCUT2D eigenvalue weighted by molar-refractivity contribution is 6.43. The molecular weight excluding hydrogens is 374 g/mol. The number of rotatable bonds is 3. The molecule has 28 heavy (non-hydrogen) atoms. The molecule has 3 saturated carbocycles. The molecule has 4 atom stereocenters. The fourth-order valence-electron chi connectivity index (χ4n) is 4.37. The van der Waals surface area contributed by atoms with Crippen molar-refractivity contribution in [3.8, 4) is 0 Å². The van der Waals surface area contributed by atoms with Gasteiger partial charge in [0.05, 0.1) is 16.8 Å². The Morgan fingerprint density at radius 1 is 1.21 bits per heavy atom. The number of alkyl halides is 3. The van der Waals surface area contributed by atoms with Crippen molar-refractivity contribution in [1.82, 2.24) is 0 Å². The van der Waals surface area contributed by atoms with Gasteiger partial charge >= 0.3 is 13.3 Å². The van der Waals surface area contributed by atoms with Crippen LogP contribution in [0.15, 0.2) is 24.3 Å². The summed E-state index contributed by atoms with van der Waals surface area (Å²) in [5.74, 6) is -0.383. The summed E-state index contributed by atoms with van der Waals surface area (Å²) in [5, 5.41) is 37.7. The molecule has 0 heterocycles. The predicted molar refractivity (Wildman–Crippen MR) is 100 cm³/mol. The number of hydrogen-bond acceptors (Lipinski definition) is 5. The van der Waals surface area contributed by atoms with E-state index < -0.39 is 36.0 Å². The van der Waals surface area contributed by atoms with E-state index in [1.165, 1.54) is 12.1 Å².